The zero-order valence-corrected chi connectivity index (χ0v) is 11.2. The largest absolute Gasteiger partial charge is 0.281 e. The topological polar surface area (TPSA) is 41.5 Å². The first-order valence-corrected chi connectivity index (χ1v) is 7.13. The third-order valence-corrected chi connectivity index (χ3v) is 5.05. The van der Waals surface area contributed by atoms with Crippen LogP contribution >= 0.6 is 11.3 Å². The number of amides is 1. The number of thiophene rings is 1. The van der Waals surface area contributed by atoms with Crippen molar-refractivity contribution in [2.75, 3.05) is 0 Å². The molecule has 2 saturated carbocycles. The van der Waals surface area contributed by atoms with Crippen molar-refractivity contribution in [2.45, 2.75) is 19.8 Å². The van der Waals surface area contributed by atoms with Crippen molar-refractivity contribution in [1.82, 2.24) is 5.43 Å². The summed E-state index contributed by atoms with van der Waals surface area (Å²) in [5.41, 5.74) is 5.18. The normalized spacial score (nSPS) is 32.2. The van der Waals surface area contributed by atoms with Crippen LogP contribution in [0.15, 0.2) is 34.8 Å². The Bertz CT molecular complexity index is 514. The third kappa shape index (κ3) is 1.81. The molecule has 2 aliphatic carbocycles. The predicted octanol–water partition coefficient (Wildman–Crippen LogP) is 3.07. The van der Waals surface area contributed by atoms with Gasteiger partial charge in [0.05, 0.1) is 4.88 Å². The number of carbonyl (C=O) groups is 1. The van der Waals surface area contributed by atoms with Gasteiger partial charge in [-0.25, -0.2) is 5.43 Å². The molecule has 2 aliphatic rings. The molecule has 2 bridgehead atoms. The summed E-state index contributed by atoms with van der Waals surface area (Å²) in [5.74, 6) is 1.49. The minimum absolute atomic E-state index is 0.105. The lowest BCUT2D eigenvalue weighted by atomic mass is 9.85. The average Bonchev–Trinajstić information content (AvgIpc) is 3.06. The Morgan fingerprint density at radius 2 is 2.44 bits per heavy atom. The molecular formula is C14H16N2OS. The van der Waals surface area contributed by atoms with Crippen LogP contribution in [0.4, 0.5) is 0 Å². The summed E-state index contributed by atoms with van der Waals surface area (Å²) in [6.45, 7) is 6.36. The van der Waals surface area contributed by atoms with Crippen LogP contribution < -0.4 is 5.43 Å². The number of rotatable bonds is 2. The maximum atomic E-state index is 11.8. The van der Waals surface area contributed by atoms with E-state index in [1.165, 1.54) is 16.9 Å². The summed E-state index contributed by atoms with van der Waals surface area (Å²) in [6, 6.07) is 3.68. The van der Waals surface area contributed by atoms with Gasteiger partial charge in [-0.3, -0.25) is 4.79 Å². The van der Waals surface area contributed by atoms with Crippen molar-refractivity contribution in [1.29, 1.82) is 0 Å². The van der Waals surface area contributed by atoms with E-state index in [1.54, 1.807) is 0 Å². The molecule has 1 aromatic heterocycles. The van der Waals surface area contributed by atoms with E-state index in [1.807, 2.05) is 17.5 Å². The maximum absolute atomic E-state index is 11.8. The molecule has 1 heterocycles. The molecule has 3 rings (SSSR count). The number of hydrazone groups is 1. The number of fused-ring (bicyclic) bond motifs is 2. The molecule has 1 aromatic rings. The standard InChI is InChI=1S/C14H16N2OS/c1-8-9(2)11-6-10(8)7-12(11)15-16-14(17)13-4-3-5-18-13/h3-5,9-11H,1,6-7H2,2H3,(H,16,17)/b15-12+. The summed E-state index contributed by atoms with van der Waals surface area (Å²) >= 11 is 1.43. The van der Waals surface area contributed by atoms with E-state index in [0.29, 0.717) is 22.6 Å². The third-order valence-electron chi connectivity index (χ3n) is 4.18. The van der Waals surface area contributed by atoms with Gasteiger partial charge < -0.3 is 0 Å². The second-order valence-corrected chi connectivity index (χ2v) is 6.08. The van der Waals surface area contributed by atoms with Crippen molar-refractivity contribution < 1.29 is 4.79 Å². The number of nitrogens with one attached hydrogen (secondary N) is 1. The van der Waals surface area contributed by atoms with E-state index in [0.717, 1.165) is 18.6 Å². The predicted molar refractivity (Wildman–Crippen MR) is 73.7 cm³/mol. The zero-order chi connectivity index (χ0) is 12.7. The van der Waals surface area contributed by atoms with E-state index in [-0.39, 0.29) is 5.91 Å². The van der Waals surface area contributed by atoms with E-state index in [2.05, 4.69) is 24.0 Å². The maximum Gasteiger partial charge on any atom is 0.281 e. The van der Waals surface area contributed by atoms with Crippen LogP contribution in [0, 0.1) is 17.8 Å². The molecule has 0 spiro atoms. The fourth-order valence-electron chi connectivity index (χ4n) is 3.05. The number of hydrogen-bond acceptors (Lipinski definition) is 3. The van der Waals surface area contributed by atoms with Crippen molar-refractivity contribution in [3.05, 3.63) is 34.5 Å². The van der Waals surface area contributed by atoms with Crippen LogP contribution in [-0.2, 0) is 0 Å². The molecule has 1 N–H and O–H groups in total. The Kier molecular flexibility index (Phi) is 2.82. The molecular weight excluding hydrogens is 244 g/mol. The van der Waals surface area contributed by atoms with E-state index in [9.17, 15) is 4.79 Å². The molecule has 0 radical (unpaired) electrons. The summed E-state index contributed by atoms with van der Waals surface area (Å²) in [7, 11) is 0. The molecule has 3 nitrogen and oxygen atoms in total. The summed E-state index contributed by atoms with van der Waals surface area (Å²) < 4.78 is 0. The summed E-state index contributed by atoms with van der Waals surface area (Å²) in [4.78, 5) is 12.5. The van der Waals surface area contributed by atoms with Gasteiger partial charge in [-0.2, -0.15) is 5.10 Å². The van der Waals surface area contributed by atoms with Gasteiger partial charge in [-0.1, -0.05) is 25.1 Å². The van der Waals surface area contributed by atoms with E-state index < -0.39 is 0 Å². The van der Waals surface area contributed by atoms with Crippen molar-refractivity contribution >= 4 is 23.0 Å². The molecule has 0 aliphatic heterocycles. The fourth-order valence-corrected chi connectivity index (χ4v) is 3.66. The van der Waals surface area contributed by atoms with Gasteiger partial charge >= 0.3 is 0 Å². The highest BCUT2D eigenvalue weighted by Gasteiger charge is 2.44. The van der Waals surface area contributed by atoms with Gasteiger partial charge in [-0.15, -0.1) is 11.3 Å². The number of hydrogen-bond donors (Lipinski definition) is 1. The smallest absolute Gasteiger partial charge is 0.266 e. The number of allylic oxidation sites excluding steroid dienone is 1. The average molecular weight is 260 g/mol. The molecule has 0 saturated heterocycles. The first-order valence-electron chi connectivity index (χ1n) is 6.26. The van der Waals surface area contributed by atoms with Crippen molar-refractivity contribution in [2.24, 2.45) is 22.9 Å². The molecule has 1 amide bonds. The summed E-state index contributed by atoms with van der Waals surface area (Å²) in [5, 5.41) is 6.22. The van der Waals surface area contributed by atoms with Gasteiger partial charge in [0, 0.05) is 11.6 Å². The fraction of sp³-hybridized carbons (Fsp3) is 0.429. The lowest BCUT2D eigenvalue weighted by Crippen LogP contribution is -2.24. The SMILES string of the molecule is C=C1C2C/C(=N\NC(=O)c3cccs3)C(C2)C1C. The van der Waals surface area contributed by atoms with Gasteiger partial charge in [-0.05, 0) is 36.1 Å². The lowest BCUT2D eigenvalue weighted by Gasteiger charge is -2.21. The minimum Gasteiger partial charge on any atom is -0.266 e. The second-order valence-electron chi connectivity index (χ2n) is 5.13. The van der Waals surface area contributed by atoms with E-state index in [4.69, 9.17) is 0 Å². The van der Waals surface area contributed by atoms with Gasteiger partial charge in [0.25, 0.3) is 5.91 Å². The van der Waals surface area contributed by atoms with Crippen LogP contribution in [0.5, 0.6) is 0 Å². The Morgan fingerprint density at radius 3 is 3.06 bits per heavy atom. The Hall–Kier alpha value is -1.42. The second kappa shape index (κ2) is 4.35. The van der Waals surface area contributed by atoms with Crippen LogP contribution in [0.25, 0.3) is 0 Å². The molecule has 94 valence electrons. The lowest BCUT2D eigenvalue weighted by molar-refractivity contribution is 0.0958. The van der Waals surface area contributed by atoms with Crippen LogP contribution in [0.1, 0.15) is 29.4 Å². The Labute approximate surface area is 111 Å². The first kappa shape index (κ1) is 11.7. The van der Waals surface area contributed by atoms with E-state index >= 15 is 0 Å². The van der Waals surface area contributed by atoms with Gasteiger partial charge in [0.2, 0.25) is 0 Å². The molecule has 3 unspecified atom stereocenters. The molecule has 18 heavy (non-hydrogen) atoms. The minimum atomic E-state index is -0.105. The molecule has 2 fully saturated rings. The Balaban J connectivity index is 1.69. The zero-order valence-electron chi connectivity index (χ0n) is 10.3. The Morgan fingerprint density at radius 1 is 1.61 bits per heavy atom. The quantitative estimate of drug-likeness (QED) is 0.644. The first-order chi connectivity index (χ1) is 8.66. The molecule has 0 aromatic carbocycles. The highest BCUT2D eigenvalue weighted by atomic mass is 32.1. The highest BCUT2D eigenvalue weighted by Crippen LogP contribution is 2.49. The van der Waals surface area contributed by atoms with Crippen molar-refractivity contribution in [3.63, 3.8) is 0 Å². The highest BCUT2D eigenvalue weighted by molar-refractivity contribution is 7.12. The van der Waals surface area contributed by atoms with Crippen LogP contribution in [0.2, 0.25) is 0 Å². The van der Waals surface area contributed by atoms with Crippen LogP contribution in [0.3, 0.4) is 0 Å². The molecule has 4 heteroatoms. The monoisotopic (exact) mass is 260 g/mol. The van der Waals surface area contributed by atoms with Gasteiger partial charge in [0.1, 0.15) is 0 Å². The summed E-state index contributed by atoms with van der Waals surface area (Å²) in [6.07, 6.45) is 2.13. The molecule has 3 atom stereocenters. The number of nitrogens with zero attached hydrogens (tertiary/aromatic N) is 1. The van der Waals surface area contributed by atoms with Gasteiger partial charge in [0.15, 0.2) is 0 Å². The van der Waals surface area contributed by atoms with Crippen molar-refractivity contribution in [3.8, 4) is 0 Å². The van der Waals surface area contributed by atoms with Crippen LogP contribution in [-0.4, -0.2) is 11.6 Å². The number of carbonyl (C=O) groups excluding carboxylic acids is 1.